The molecular weight excluding hydrogens is 328 g/mol. The summed E-state index contributed by atoms with van der Waals surface area (Å²) >= 11 is 0. The van der Waals surface area contributed by atoms with E-state index in [1.54, 1.807) is 19.4 Å². The third-order valence-corrected chi connectivity index (χ3v) is 3.81. The third kappa shape index (κ3) is 3.71. The standard InChI is InChI=1S/C18H15F2N3O2/c1-23(9-6-12-4-7-21-8-5-12)18(24)14-11-22-25-17(14)13-2-3-15(19)16(20)10-13/h2-5,7-8,10-11H,6,9H2,1H3. The first-order valence-electron chi connectivity index (χ1n) is 7.60. The van der Waals surface area contributed by atoms with Gasteiger partial charge in [-0.3, -0.25) is 9.78 Å². The second-order valence-corrected chi connectivity index (χ2v) is 5.53. The number of hydrogen-bond donors (Lipinski definition) is 0. The highest BCUT2D eigenvalue weighted by Crippen LogP contribution is 2.26. The fraction of sp³-hybridized carbons (Fsp3) is 0.167. The van der Waals surface area contributed by atoms with Crippen LogP contribution in [0.3, 0.4) is 0 Å². The van der Waals surface area contributed by atoms with Crippen LogP contribution in [0.4, 0.5) is 8.78 Å². The Hall–Kier alpha value is -3.09. The molecule has 0 aliphatic heterocycles. The minimum absolute atomic E-state index is 0.111. The number of likely N-dealkylation sites (N-methyl/N-ethyl adjacent to an activating group) is 1. The number of carbonyl (C=O) groups excluding carboxylic acids is 1. The lowest BCUT2D eigenvalue weighted by molar-refractivity contribution is 0.0797. The Bertz CT molecular complexity index is 881. The van der Waals surface area contributed by atoms with Gasteiger partial charge in [-0.05, 0) is 42.3 Å². The number of rotatable bonds is 5. The lowest BCUT2D eigenvalue weighted by atomic mass is 10.1. The predicted octanol–water partition coefficient (Wildman–Crippen LogP) is 3.33. The molecule has 0 atom stereocenters. The van der Waals surface area contributed by atoms with E-state index in [0.717, 1.165) is 17.7 Å². The largest absolute Gasteiger partial charge is 0.355 e. The van der Waals surface area contributed by atoms with Crippen LogP contribution in [0.25, 0.3) is 11.3 Å². The summed E-state index contributed by atoms with van der Waals surface area (Å²) in [5.41, 5.74) is 1.51. The van der Waals surface area contributed by atoms with E-state index in [-0.39, 0.29) is 22.8 Å². The van der Waals surface area contributed by atoms with E-state index in [1.807, 2.05) is 12.1 Å². The Morgan fingerprint density at radius 2 is 1.92 bits per heavy atom. The minimum atomic E-state index is -1.02. The quantitative estimate of drug-likeness (QED) is 0.713. The van der Waals surface area contributed by atoms with Gasteiger partial charge in [-0.25, -0.2) is 8.78 Å². The number of pyridine rings is 1. The second kappa shape index (κ2) is 7.21. The molecule has 1 aromatic carbocycles. The Kier molecular flexibility index (Phi) is 4.83. The van der Waals surface area contributed by atoms with Crippen molar-refractivity contribution in [1.82, 2.24) is 15.0 Å². The van der Waals surface area contributed by atoms with Gasteiger partial charge >= 0.3 is 0 Å². The number of aromatic nitrogens is 2. The minimum Gasteiger partial charge on any atom is -0.355 e. The lowest BCUT2D eigenvalue weighted by Crippen LogP contribution is -2.28. The molecule has 7 heteroatoms. The Balaban J connectivity index is 1.76. The first-order chi connectivity index (χ1) is 12.1. The third-order valence-electron chi connectivity index (χ3n) is 3.81. The summed E-state index contributed by atoms with van der Waals surface area (Å²) in [6.07, 6.45) is 5.33. The normalized spacial score (nSPS) is 10.7. The van der Waals surface area contributed by atoms with Gasteiger partial charge in [0.2, 0.25) is 0 Å². The van der Waals surface area contributed by atoms with Crippen molar-refractivity contribution >= 4 is 5.91 Å². The number of amides is 1. The average Bonchev–Trinajstić information content (AvgIpc) is 3.12. The van der Waals surface area contributed by atoms with E-state index in [9.17, 15) is 13.6 Å². The Morgan fingerprint density at radius 3 is 2.64 bits per heavy atom. The van der Waals surface area contributed by atoms with Crippen molar-refractivity contribution in [1.29, 1.82) is 0 Å². The summed E-state index contributed by atoms with van der Waals surface area (Å²) in [4.78, 5) is 18.1. The van der Waals surface area contributed by atoms with E-state index in [4.69, 9.17) is 4.52 Å². The molecule has 0 unspecified atom stereocenters. The first-order valence-corrected chi connectivity index (χ1v) is 7.60. The highest BCUT2D eigenvalue weighted by Gasteiger charge is 2.21. The van der Waals surface area contributed by atoms with Gasteiger partial charge in [0.1, 0.15) is 5.56 Å². The van der Waals surface area contributed by atoms with Gasteiger partial charge in [-0.1, -0.05) is 5.16 Å². The van der Waals surface area contributed by atoms with Gasteiger partial charge in [0.25, 0.3) is 5.91 Å². The van der Waals surface area contributed by atoms with Crippen molar-refractivity contribution in [2.45, 2.75) is 6.42 Å². The molecule has 0 bridgehead atoms. The van der Waals surface area contributed by atoms with Gasteiger partial charge in [0.15, 0.2) is 17.4 Å². The highest BCUT2D eigenvalue weighted by molar-refractivity contribution is 5.99. The zero-order valence-corrected chi connectivity index (χ0v) is 13.4. The van der Waals surface area contributed by atoms with Crippen LogP contribution in [-0.2, 0) is 6.42 Å². The van der Waals surface area contributed by atoms with Crippen molar-refractivity contribution in [3.8, 4) is 11.3 Å². The molecule has 2 heterocycles. The van der Waals surface area contributed by atoms with Crippen LogP contribution >= 0.6 is 0 Å². The fourth-order valence-corrected chi connectivity index (χ4v) is 2.39. The zero-order valence-electron chi connectivity index (χ0n) is 13.4. The van der Waals surface area contributed by atoms with Crippen molar-refractivity contribution < 1.29 is 18.1 Å². The molecule has 0 spiro atoms. The molecule has 25 heavy (non-hydrogen) atoms. The van der Waals surface area contributed by atoms with Gasteiger partial charge in [0, 0.05) is 31.5 Å². The SMILES string of the molecule is CN(CCc1ccncc1)C(=O)c1cnoc1-c1ccc(F)c(F)c1. The van der Waals surface area contributed by atoms with Crippen LogP contribution in [0, 0.1) is 11.6 Å². The van der Waals surface area contributed by atoms with E-state index in [2.05, 4.69) is 10.1 Å². The van der Waals surface area contributed by atoms with Crippen LogP contribution < -0.4 is 0 Å². The van der Waals surface area contributed by atoms with Crippen LogP contribution in [0.2, 0.25) is 0 Å². The van der Waals surface area contributed by atoms with Gasteiger partial charge in [0.05, 0.1) is 6.20 Å². The fourth-order valence-electron chi connectivity index (χ4n) is 2.39. The number of carbonyl (C=O) groups is 1. The van der Waals surface area contributed by atoms with E-state index >= 15 is 0 Å². The summed E-state index contributed by atoms with van der Waals surface area (Å²) in [5, 5.41) is 3.63. The lowest BCUT2D eigenvalue weighted by Gasteiger charge is -2.16. The zero-order chi connectivity index (χ0) is 17.8. The number of halogens is 2. The molecule has 0 N–H and O–H groups in total. The van der Waals surface area contributed by atoms with Crippen LogP contribution in [0.15, 0.2) is 53.4 Å². The molecular formula is C18H15F2N3O2. The molecule has 2 aromatic heterocycles. The summed E-state index contributed by atoms with van der Waals surface area (Å²) in [6, 6.07) is 7.06. The van der Waals surface area contributed by atoms with Crippen LogP contribution in [-0.4, -0.2) is 34.5 Å². The molecule has 0 fully saturated rings. The van der Waals surface area contributed by atoms with Crippen LogP contribution in [0.1, 0.15) is 15.9 Å². The molecule has 0 saturated carbocycles. The van der Waals surface area contributed by atoms with Crippen molar-refractivity contribution in [3.05, 3.63) is 71.7 Å². The van der Waals surface area contributed by atoms with E-state index < -0.39 is 11.6 Å². The summed E-state index contributed by atoms with van der Waals surface area (Å²) in [6.45, 7) is 0.477. The molecule has 128 valence electrons. The number of benzene rings is 1. The topological polar surface area (TPSA) is 59.2 Å². The first kappa shape index (κ1) is 16.8. The maximum Gasteiger partial charge on any atom is 0.259 e. The molecule has 3 aromatic rings. The average molecular weight is 343 g/mol. The Morgan fingerprint density at radius 1 is 1.16 bits per heavy atom. The molecule has 5 nitrogen and oxygen atoms in total. The molecule has 0 aliphatic rings. The summed E-state index contributed by atoms with van der Waals surface area (Å²) in [5.74, 6) is -2.18. The molecule has 1 amide bonds. The maximum atomic E-state index is 13.4. The molecule has 3 rings (SSSR count). The smallest absolute Gasteiger partial charge is 0.259 e. The highest BCUT2D eigenvalue weighted by atomic mass is 19.2. The van der Waals surface area contributed by atoms with E-state index in [0.29, 0.717) is 13.0 Å². The van der Waals surface area contributed by atoms with E-state index in [1.165, 1.54) is 17.2 Å². The van der Waals surface area contributed by atoms with Crippen molar-refractivity contribution in [3.63, 3.8) is 0 Å². The Labute approximate surface area is 142 Å². The molecule has 0 aliphatic carbocycles. The van der Waals surface area contributed by atoms with Crippen LogP contribution in [0.5, 0.6) is 0 Å². The second-order valence-electron chi connectivity index (χ2n) is 5.53. The molecule has 0 saturated heterocycles. The van der Waals surface area contributed by atoms with Crippen molar-refractivity contribution in [2.75, 3.05) is 13.6 Å². The predicted molar refractivity (Wildman–Crippen MR) is 86.8 cm³/mol. The van der Waals surface area contributed by atoms with Gasteiger partial charge in [-0.15, -0.1) is 0 Å². The van der Waals surface area contributed by atoms with Gasteiger partial charge in [-0.2, -0.15) is 0 Å². The molecule has 0 radical (unpaired) electrons. The van der Waals surface area contributed by atoms with Crippen molar-refractivity contribution in [2.24, 2.45) is 0 Å². The number of hydrogen-bond acceptors (Lipinski definition) is 4. The van der Waals surface area contributed by atoms with Gasteiger partial charge < -0.3 is 9.42 Å². The maximum absolute atomic E-state index is 13.4. The summed E-state index contributed by atoms with van der Waals surface area (Å²) in [7, 11) is 1.66. The summed E-state index contributed by atoms with van der Waals surface area (Å²) < 4.78 is 31.6. The monoisotopic (exact) mass is 343 g/mol. The number of nitrogens with zero attached hydrogens (tertiary/aromatic N) is 3.